The van der Waals surface area contributed by atoms with E-state index >= 15 is 0 Å². The predicted molar refractivity (Wildman–Crippen MR) is 101 cm³/mol. The van der Waals surface area contributed by atoms with Crippen molar-refractivity contribution in [3.63, 3.8) is 0 Å². The van der Waals surface area contributed by atoms with Crippen LogP contribution >= 0.6 is 0 Å². The van der Waals surface area contributed by atoms with Crippen LogP contribution in [0.3, 0.4) is 0 Å². The van der Waals surface area contributed by atoms with E-state index in [9.17, 15) is 0 Å². The Morgan fingerprint density at radius 2 is 1.31 bits per heavy atom. The van der Waals surface area contributed by atoms with Crippen molar-refractivity contribution in [3.05, 3.63) is 47.5 Å². The first kappa shape index (κ1) is 19.2. The lowest BCUT2D eigenvalue weighted by Gasteiger charge is -2.11. The van der Waals surface area contributed by atoms with Gasteiger partial charge in [0.1, 0.15) is 0 Å². The standard InChI is InChI=1S/C19H25N3O4/c1-23-15-7-5-13(9-17(15)25-3)11-21-19(20)22-12-14-6-8-16(24-2)18(10-14)26-4/h5-10H,11-12H2,1-4H3,(H3,20,21,22). The zero-order valence-corrected chi connectivity index (χ0v) is 15.5. The maximum atomic E-state index is 5.95. The quantitative estimate of drug-likeness (QED) is 0.556. The van der Waals surface area contributed by atoms with Gasteiger partial charge in [-0.25, -0.2) is 4.99 Å². The number of hydrogen-bond acceptors (Lipinski definition) is 5. The van der Waals surface area contributed by atoms with E-state index in [-0.39, 0.29) is 0 Å². The van der Waals surface area contributed by atoms with Crippen LogP contribution in [0.15, 0.2) is 41.4 Å². The number of methoxy groups -OCH3 is 4. The number of ether oxygens (including phenoxy) is 4. The third-order valence-electron chi connectivity index (χ3n) is 3.80. The molecular weight excluding hydrogens is 334 g/mol. The number of hydrogen-bond donors (Lipinski definition) is 2. The second kappa shape index (κ2) is 9.41. The van der Waals surface area contributed by atoms with Crippen molar-refractivity contribution < 1.29 is 18.9 Å². The molecule has 0 amide bonds. The van der Waals surface area contributed by atoms with Crippen molar-refractivity contribution in [2.24, 2.45) is 10.7 Å². The largest absolute Gasteiger partial charge is 0.493 e. The van der Waals surface area contributed by atoms with Crippen molar-refractivity contribution in [2.45, 2.75) is 13.1 Å². The number of nitrogens with zero attached hydrogens (tertiary/aromatic N) is 1. The molecule has 7 nitrogen and oxygen atoms in total. The Balaban J connectivity index is 1.96. The fourth-order valence-corrected chi connectivity index (χ4v) is 2.39. The molecule has 0 aliphatic rings. The summed E-state index contributed by atoms with van der Waals surface area (Å²) < 4.78 is 21.0. The molecule has 7 heteroatoms. The van der Waals surface area contributed by atoms with Gasteiger partial charge in [-0.2, -0.15) is 0 Å². The highest BCUT2D eigenvalue weighted by Gasteiger charge is 2.06. The Bertz CT molecular complexity index is 762. The molecule has 0 bridgehead atoms. The summed E-state index contributed by atoms with van der Waals surface area (Å²) in [5.74, 6) is 3.06. The van der Waals surface area contributed by atoms with Crippen molar-refractivity contribution in [1.29, 1.82) is 0 Å². The summed E-state index contributed by atoms with van der Waals surface area (Å²) in [6.45, 7) is 0.965. The normalized spacial score (nSPS) is 11.0. The van der Waals surface area contributed by atoms with Crippen LogP contribution < -0.4 is 30.0 Å². The first-order valence-corrected chi connectivity index (χ1v) is 8.06. The summed E-state index contributed by atoms with van der Waals surface area (Å²) in [6, 6.07) is 11.3. The summed E-state index contributed by atoms with van der Waals surface area (Å²) in [5, 5.41) is 3.08. The first-order valence-electron chi connectivity index (χ1n) is 8.06. The molecule has 0 atom stereocenters. The zero-order chi connectivity index (χ0) is 18.9. The molecule has 3 N–H and O–H groups in total. The highest BCUT2D eigenvalue weighted by Crippen LogP contribution is 2.28. The van der Waals surface area contributed by atoms with E-state index in [0.717, 1.165) is 11.1 Å². The van der Waals surface area contributed by atoms with Crippen molar-refractivity contribution in [3.8, 4) is 23.0 Å². The molecule has 0 aliphatic heterocycles. The highest BCUT2D eigenvalue weighted by atomic mass is 16.5. The Kier molecular flexibility index (Phi) is 6.96. The second-order valence-electron chi connectivity index (χ2n) is 5.43. The van der Waals surface area contributed by atoms with Crippen LogP contribution in [-0.4, -0.2) is 34.4 Å². The van der Waals surface area contributed by atoms with Crippen molar-refractivity contribution in [1.82, 2.24) is 5.32 Å². The first-order chi connectivity index (χ1) is 12.6. The van der Waals surface area contributed by atoms with Gasteiger partial charge in [-0.1, -0.05) is 12.1 Å². The van der Waals surface area contributed by atoms with E-state index in [1.165, 1.54) is 0 Å². The number of benzene rings is 2. The third-order valence-corrected chi connectivity index (χ3v) is 3.80. The van der Waals surface area contributed by atoms with Gasteiger partial charge in [0.15, 0.2) is 29.0 Å². The van der Waals surface area contributed by atoms with Crippen LogP contribution in [-0.2, 0) is 13.1 Å². The summed E-state index contributed by atoms with van der Waals surface area (Å²) in [5.41, 5.74) is 7.93. The average Bonchev–Trinajstić information content (AvgIpc) is 2.69. The fraction of sp³-hybridized carbons (Fsp3) is 0.316. The molecule has 0 spiro atoms. The molecule has 0 unspecified atom stereocenters. The SMILES string of the molecule is COc1ccc(CN=C(N)NCc2ccc(OC)c(OC)c2)cc1OC. The van der Waals surface area contributed by atoms with Crippen molar-refractivity contribution in [2.75, 3.05) is 28.4 Å². The number of rotatable bonds is 8. The maximum absolute atomic E-state index is 5.95. The van der Waals surface area contributed by atoms with Crippen molar-refractivity contribution >= 4 is 5.96 Å². The fourth-order valence-electron chi connectivity index (χ4n) is 2.39. The van der Waals surface area contributed by atoms with Gasteiger partial charge in [-0.3, -0.25) is 0 Å². The topological polar surface area (TPSA) is 87.3 Å². The van der Waals surface area contributed by atoms with Gasteiger partial charge in [-0.15, -0.1) is 0 Å². The average molecular weight is 359 g/mol. The Morgan fingerprint density at radius 1 is 0.808 bits per heavy atom. The minimum Gasteiger partial charge on any atom is -0.493 e. The van der Waals surface area contributed by atoms with E-state index in [2.05, 4.69) is 10.3 Å². The molecule has 0 heterocycles. The van der Waals surface area contributed by atoms with Gasteiger partial charge < -0.3 is 30.0 Å². The Hall–Kier alpha value is -3.09. The summed E-state index contributed by atoms with van der Waals surface area (Å²) >= 11 is 0. The lowest BCUT2D eigenvalue weighted by atomic mass is 10.2. The molecule has 0 aromatic heterocycles. The van der Waals surface area contributed by atoms with Gasteiger partial charge in [0.25, 0.3) is 0 Å². The molecule has 2 aromatic carbocycles. The van der Waals surface area contributed by atoms with Crippen LogP contribution in [0.1, 0.15) is 11.1 Å². The number of nitrogens with two attached hydrogens (primary N) is 1. The molecule has 0 fully saturated rings. The van der Waals surface area contributed by atoms with E-state index in [1.807, 2.05) is 36.4 Å². The molecule has 0 aliphatic carbocycles. The van der Waals surface area contributed by atoms with E-state index < -0.39 is 0 Å². The molecule has 0 saturated heterocycles. The van der Waals surface area contributed by atoms with E-state index in [4.69, 9.17) is 24.7 Å². The number of nitrogens with one attached hydrogen (secondary N) is 1. The second-order valence-corrected chi connectivity index (χ2v) is 5.43. The third kappa shape index (κ3) is 4.95. The van der Waals surface area contributed by atoms with Crippen LogP contribution in [0.2, 0.25) is 0 Å². The highest BCUT2D eigenvalue weighted by molar-refractivity contribution is 5.77. The van der Waals surface area contributed by atoms with Gasteiger partial charge in [0.2, 0.25) is 0 Å². The lowest BCUT2D eigenvalue weighted by Crippen LogP contribution is -2.31. The summed E-state index contributed by atoms with van der Waals surface area (Å²) in [7, 11) is 6.41. The summed E-state index contributed by atoms with van der Waals surface area (Å²) in [6.07, 6.45) is 0. The number of guanidine groups is 1. The van der Waals surface area contributed by atoms with Gasteiger partial charge in [0, 0.05) is 6.54 Å². The Labute approximate surface area is 153 Å². The Morgan fingerprint density at radius 3 is 1.85 bits per heavy atom. The van der Waals surface area contributed by atoms with Crippen LogP contribution in [0.4, 0.5) is 0 Å². The molecule has 2 aromatic rings. The molecule has 0 saturated carbocycles. The van der Waals surface area contributed by atoms with Gasteiger partial charge >= 0.3 is 0 Å². The minimum absolute atomic E-state index is 0.356. The monoisotopic (exact) mass is 359 g/mol. The van der Waals surface area contributed by atoms with Crippen LogP contribution in [0, 0.1) is 0 Å². The maximum Gasteiger partial charge on any atom is 0.189 e. The molecule has 2 rings (SSSR count). The smallest absolute Gasteiger partial charge is 0.189 e. The van der Waals surface area contributed by atoms with Crippen LogP contribution in [0.25, 0.3) is 0 Å². The molecule has 140 valence electrons. The van der Waals surface area contributed by atoms with Gasteiger partial charge in [-0.05, 0) is 35.4 Å². The van der Waals surface area contributed by atoms with Gasteiger partial charge in [0.05, 0.1) is 35.0 Å². The number of aliphatic imine (C=N–C) groups is 1. The molecular formula is C19H25N3O4. The summed E-state index contributed by atoms with van der Waals surface area (Å²) in [4.78, 5) is 4.35. The molecule has 0 radical (unpaired) electrons. The minimum atomic E-state index is 0.356. The lowest BCUT2D eigenvalue weighted by molar-refractivity contribution is 0.354. The van der Waals surface area contributed by atoms with E-state index in [1.54, 1.807) is 28.4 Å². The van der Waals surface area contributed by atoms with E-state index in [0.29, 0.717) is 42.0 Å². The molecule has 26 heavy (non-hydrogen) atoms. The van der Waals surface area contributed by atoms with Crippen LogP contribution in [0.5, 0.6) is 23.0 Å². The predicted octanol–water partition coefficient (Wildman–Crippen LogP) is 2.33. The zero-order valence-electron chi connectivity index (χ0n) is 15.5.